The molecule has 94 valence electrons. The van der Waals surface area contributed by atoms with Crippen LogP contribution in [0.5, 0.6) is 0 Å². The molecule has 0 aliphatic carbocycles. The minimum atomic E-state index is -0.381. The number of nitrogen functional groups attached to an aromatic ring is 1. The van der Waals surface area contributed by atoms with Crippen LogP contribution in [0.2, 0.25) is 0 Å². The van der Waals surface area contributed by atoms with Crippen molar-refractivity contribution in [2.45, 2.75) is 13.5 Å². The third-order valence-corrected chi connectivity index (χ3v) is 2.36. The Morgan fingerprint density at radius 3 is 2.83 bits per heavy atom. The van der Waals surface area contributed by atoms with Crippen LogP contribution < -0.4 is 10.4 Å². The number of anilines is 1. The molecule has 0 radical (unpaired) electrons. The summed E-state index contributed by atoms with van der Waals surface area (Å²) in [5, 5.41) is 3.73. The summed E-state index contributed by atoms with van der Waals surface area (Å²) < 4.78 is 11.2. The summed E-state index contributed by atoms with van der Waals surface area (Å²) >= 11 is 0. The van der Waals surface area contributed by atoms with Gasteiger partial charge in [0, 0.05) is 0 Å². The molecular formula is C12H14N3O3+. The van der Waals surface area contributed by atoms with Gasteiger partial charge in [-0.3, -0.25) is 4.52 Å². The number of esters is 1. The first-order chi connectivity index (χ1) is 8.72. The van der Waals surface area contributed by atoms with Gasteiger partial charge in [-0.25, -0.2) is 4.79 Å². The SMILES string of the molecule is CCOC(=O)C[n+]1noc(N)c1-c1ccccc1. The highest BCUT2D eigenvalue weighted by molar-refractivity contribution is 5.69. The summed E-state index contributed by atoms with van der Waals surface area (Å²) in [6, 6.07) is 9.37. The minimum Gasteiger partial charge on any atom is -0.461 e. The van der Waals surface area contributed by atoms with Gasteiger partial charge in [-0.2, -0.15) is 0 Å². The van der Waals surface area contributed by atoms with Gasteiger partial charge in [-0.15, -0.1) is 0 Å². The van der Waals surface area contributed by atoms with Crippen LogP contribution in [0.1, 0.15) is 6.92 Å². The maximum Gasteiger partial charge on any atom is 0.375 e. The fourth-order valence-electron chi connectivity index (χ4n) is 1.63. The molecule has 0 aliphatic heterocycles. The molecule has 6 nitrogen and oxygen atoms in total. The van der Waals surface area contributed by atoms with Crippen LogP contribution in [0.4, 0.5) is 5.88 Å². The number of aromatic nitrogens is 2. The van der Waals surface area contributed by atoms with Crippen molar-refractivity contribution in [3.05, 3.63) is 30.3 Å². The number of benzene rings is 1. The predicted molar refractivity (Wildman–Crippen MR) is 63.2 cm³/mol. The molecular weight excluding hydrogens is 234 g/mol. The van der Waals surface area contributed by atoms with Crippen LogP contribution in [0.25, 0.3) is 11.3 Å². The highest BCUT2D eigenvalue weighted by Gasteiger charge is 2.27. The minimum absolute atomic E-state index is 0.0290. The molecule has 0 unspecified atom stereocenters. The summed E-state index contributed by atoms with van der Waals surface area (Å²) in [6.07, 6.45) is 0. The Labute approximate surface area is 104 Å². The van der Waals surface area contributed by atoms with Gasteiger partial charge in [0.25, 0.3) is 6.54 Å². The molecule has 0 aliphatic rings. The number of hydrogen-bond donors (Lipinski definition) is 1. The normalized spacial score (nSPS) is 10.3. The second-order valence-corrected chi connectivity index (χ2v) is 3.61. The van der Waals surface area contributed by atoms with E-state index in [0.717, 1.165) is 5.56 Å². The lowest BCUT2D eigenvalue weighted by Crippen LogP contribution is -2.42. The van der Waals surface area contributed by atoms with Crippen LogP contribution in [-0.4, -0.2) is 17.8 Å². The van der Waals surface area contributed by atoms with E-state index in [1.54, 1.807) is 6.92 Å². The molecule has 0 amide bonds. The number of carbonyl (C=O) groups excluding carboxylic acids is 1. The predicted octanol–water partition coefficient (Wildman–Crippen LogP) is 0.774. The third kappa shape index (κ3) is 2.48. The molecule has 6 heteroatoms. The van der Waals surface area contributed by atoms with Gasteiger partial charge in [0.2, 0.25) is 5.27 Å². The van der Waals surface area contributed by atoms with Crippen molar-refractivity contribution in [1.82, 2.24) is 5.27 Å². The average molecular weight is 248 g/mol. The van der Waals surface area contributed by atoms with E-state index in [1.165, 1.54) is 4.68 Å². The van der Waals surface area contributed by atoms with Gasteiger partial charge in [0.15, 0.2) is 0 Å². The Hall–Kier alpha value is -2.37. The maximum atomic E-state index is 11.4. The maximum absolute atomic E-state index is 11.4. The van der Waals surface area contributed by atoms with Gasteiger partial charge in [0.05, 0.1) is 12.2 Å². The van der Waals surface area contributed by atoms with Crippen molar-refractivity contribution in [1.29, 1.82) is 0 Å². The second-order valence-electron chi connectivity index (χ2n) is 3.61. The van der Waals surface area contributed by atoms with Crippen molar-refractivity contribution in [2.75, 3.05) is 12.3 Å². The van der Waals surface area contributed by atoms with E-state index >= 15 is 0 Å². The van der Waals surface area contributed by atoms with Crippen molar-refractivity contribution < 1.29 is 18.7 Å². The second kappa shape index (κ2) is 5.31. The van der Waals surface area contributed by atoms with Crippen LogP contribution >= 0.6 is 0 Å². The highest BCUT2D eigenvalue weighted by Crippen LogP contribution is 2.20. The molecule has 18 heavy (non-hydrogen) atoms. The zero-order chi connectivity index (χ0) is 13.0. The molecule has 2 N–H and O–H groups in total. The first-order valence-electron chi connectivity index (χ1n) is 5.58. The zero-order valence-electron chi connectivity index (χ0n) is 10.00. The number of hydrogen-bond acceptors (Lipinski definition) is 5. The molecule has 2 rings (SSSR count). The Balaban J connectivity index is 2.31. The highest BCUT2D eigenvalue weighted by atomic mass is 16.5. The van der Waals surface area contributed by atoms with E-state index in [4.69, 9.17) is 15.0 Å². The number of rotatable bonds is 4. The molecule has 0 atom stereocenters. The third-order valence-electron chi connectivity index (χ3n) is 2.36. The van der Waals surface area contributed by atoms with E-state index in [-0.39, 0.29) is 18.4 Å². The molecule has 1 aromatic carbocycles. The Morgan fingerprint density at radius 1 is 1.44 bits per heavy atom. The summed E-state index contributed by atoms with van der Waals surface area (Å²) in [7, 11) is 0. The number of nitrogens with zero attached hydrogens (tertiary/aromatic N) is 2. The number of ether oxygens (including phenoxy) is 1. The lowest BCUT2D eigenvalue weighted by Gasteiger charge is -1.97. The van der Waals surface area contributed by atoms with E-state index in [9.17, 15) is 4.79 Å². The van der Waals surface area contributed by atoms with Crippen LogP contribution in [-0.2, 0) is 16.1 Å². The monoisotopic (exact) mass is 248 g/mol. The van der Waals surface area contributed by atoms with Gasteiger partial charge >= 0.3 is 17.5 Å². The van der Waals surface area contributed by atoms with Crippen molar-refractivity contribution >= 4 is 11.9 Å². The van der Waals surface area contributed by atoms with Gasteiger partial charge in [0.1, 0.15) is 0 Å². The first kappa shape index (κ1) is 12.1. The summed E-state index contributed by atoms with van der Waals surface area (Å²) in [5.74, 6) is -0.210. The molecule has 0 spiro atoms. The fourth-order valence-corrected chi connectivity index (χ4v) is 1.63. The lowest BCUT2D eigenvalue weighted by molar-refractivity contribution is -0.742. The standard InChI is InChI=1S/C12H14N3O3/c1-2-17-10(16)8-15-11(12(13)18-14-15)9-6-4-3-5-7-9/h3-7H,2,8,13H2,1H3/q+1. The topological polar surface area (TPSA) is 82.2 Å². The van der Waals surface area contributed by atoms with Crippen molar-refractivity contribution in [3.8, 4) is 11.3 Å². The molecule has 0 bridgehead atoms. The zero-order valence-corrected chi connectivity index (χ0v) is 10.00. The smallest absolute Gasteiger partial charge is 0.375 e. The average Bonchev–Trinajstić information content (AvgIpc) is 2.72. The van der Waals surface area contributed by atoms with E-state index in [2.05, 4.69) is 5.27 Å². The molecule has 1 aromatic heterocycles. The number of carbonyl (C=O) groups is 1. The molecule has 1 heterocycles. The Kier molecular flexibility index (Phi) is 3.57. The van der Waals surface area contributed by atoms with E-state index in [0.29, 0.717) is 12.3 Å². The van der Waals surface area contributed by atoms with Crippen molar-refractivity contribution in [3.63, 3.8) is 0 Å². The molecule has 0 fully saturated rings. The number of nitrogens with two attached hydrogens (primary N) is 1. The van der Waals surface area contributed by atoms with E-state index in [1.807, 2.05) is 30.3 Å². The lowest BCUT2D eigenvalue weighted by atomic mass is 10.1. The Bertz CT molecular complexity index is 537. The van der Waals surface area contributed by atoms with Crippen LogP contribution in [0.15, 0.2) is 34.9 Å². The van der Waals surface area contributed by atoms with Crippen molar-refractivity contribution in [2.24, 2.45) is 0 Å². The van der Waals surface area contributed by atoms with Gasteiger partial charge in [-0.1, -0.05) is 18.2 Å². The molecule has 2 aromatic rings. The first-order valence-corrected chi connectivity index (χ1v) is 5.58. The summed E-state index contributed by atoms with van der Waals surface area (Å²) in [4.78, 5) is 11.4. The molecule has 0 saturated heterocycles. The Morgan fingerprint density at radius 2 is 2.17 bits per heavy atom. The molecule has 0 saturated carbocycles. The summed E-state index contributed by atoms with van der Waals surface area (Å²) in [5.41, 5.74) is 7.13. The van der Waals surface area contributed by atoms with Gasteiger partial charge < -0.3 is 10.5 Å². The van der Waals surface area contributed by atoms with Crippen LogP contribution in [0, 0.1) is 0 Å². The van der Waals surface area contributed by atoms with Gasteiger partial charge in [-0.05, 0) is 23.7 Å². The quantitative estimate of drug-likeness (QED) is 0.638. The fraction of sp³-hybridized carbons (Fsp3) is 0.250. The summed E-state index contributed by atoms with van der Waals surface area (Å²) in [6.45, 7) is 2.05. The largest absolute Gasteiger partial charge is 0.461 e. The van der Waals surface area contributed by atoms with Crippen LogP contribution in [0.3, 0.4) is 0 Å². The van der Waals surface area contributed by atoms with E-state index < -0.39 is 0 Å².